The number of likely N-dealkylation sites (tertiary alicyclic amines) is 1. The number of carbonyl (C=O) groups is 2. The minimum absolute atomic E-state index is 0.407. The van der Waals surface area contributed by atoms with Crippen LogP contribution in [-0.4, -0.2) is 42.9 Å². The highest BCUT2D eigenvalue weighted by atomic mass is 35.5. The van der Waals surface area contributed by atoms with Crippen molar-refractivity contribution in [1.82, 2.24) is 10.2 Å². The number of benzene rings is 2. The number of halogens is 1. The predicted molar refractivity (Wildman–Crippen MR) is 112 cm³/mol. The van der Waals surface area contributed by atoms with Crippen LogP contribution in [-0.2, 0) is 16.0 Å². The summed E-state index contributed by atoms with van der Waals surface area (Å²) in [4.78, 5) is 26.5. The van der Waals surface area contributed by atoms with Crippen molar-refractivity contribution < 1.29 is 9.59 Å². The Morgan fingerprint density at radius 2 is 1.64 bits per heavy atom. The van der Waals surface area contributed by atoms with Crippen molar-refractivity contribution in [3.8, 4) is 0 Å². The van der Waals surface area contributed by atoms with Crippen LogP contribution in [0, 0.1) is 5.92 Å². The van der Waals surface area contributed by atoms with Gasteiger partial charge in [-0.15, -0.1) is 0 Å². The van der Waals surface area contributed by atoms with Crippen LogP contribution in [0.25, 0.3) is 0 Å². The fourth-order valence-electron chi connectivity index (χ4n) is 3.41. The molecule has 2 N–H and O–H groups in total. The molecule has 1 aliphatic rings. The van der Waals surface area contributed by atoms with E-state index < -0.39 is 11.8 Å². The molecule has 0 radical (unpaired) electrons. The topological polar surface area (TPSA) is 61.4 Å². The van der Waals surface area contributed by atoms with E-state index in [1.165, 1.54) is 5.56 Å². The molecule has 0 saturated carbocycles. The first-order chi connectivity index (χ1) is 13.6. The highest BCUT2D eigenvalue weighted by molar-refractivity contribution is 6.41. The second kappa shape index (κ2) is 10.2. The second-order valence-electron chi connectivity index (χ2n) is 7.16. The standard InChI is InChI=1S/C22H26ClN3O2/c23-19-8-4-5-9-20(19)25-22(28)21(27)24-16-18-11-14-26(15-12-18)13-10-17-6-2-1-3-7-17/h1-9,18H,10-16H2,(H,24,27)(H,25,28). The molecule has 1 saturated heterocycles. The van der Waals surface area contributed by atoms with Gasteiger partial charge in [-0.05, 0) is 56.0 Å². The SMILES string of the molecule is O=C(NCC1CCN(CCc2ccccc2)CC1)C(=O)Nc1ccccc1Cl. The van der Waals surface area contributed by atoms with E-state index in [-0.39, 0.29) is 0 Å². The molecule has 148 valence electrons. The molecule has 0 bridgehead atoms. The fraction of sp³-hybridized carbons (Fsp3) is 0.364. The molecule has 2 amide bonds. The monoisotopic (exact) mass is 399 g/mol. The zero-order valence-electron chi connectivity index (χ0n) is 15.9. The average molecular weight is 400 g/mol. The first-order valence-corrected chi connectivity index (χ1v) is 10.1. The lowest BCUT2D eigenvalue weighted by Gasteiger charge is -2.32. The maximum absolute atomic E-state index is 12.0. The number of nitrogens with zero attached hydrogens (tertiary/aromatic N) is 1. The molecule has 5 nitrogen and oxygen atoms in total. The summed E-state index contributed by atoms with van der Waals surface area (Å²) in [6, 6.07) is 17.4. The summed E-state index contributed by atoms with van der Waals surface area (Å²) >= 11 is 6.00. The van der Waals surface area contributed by atoms with Gasteiger partial charge in [0.1, 0.15) is 0 Å². The Morgan fingerprint density at radius 3 is 2.36 bits per heavy atom. The number of nitrogens with one attached hydrogen (secondary N) is 2. The van der Waals surface area contributed by atoms with Gasteiger partial charge in [0.15, 0.2) is 0 Å². The van der Waals surface area contributed by atoms with Crippen LogP contribution in [0.5, 0.6) is 0 Å². The Balaban J connectivity index is 1.35. The lowest BCUT2D eigenvalue weighted by atomic mass is 9.96. The van der Waals surface area contributed by atoms with Crippen molar-refractivity contribution in [2.24, 2.45) is 5.92 Å². The first-order valence-electron chi connectivity index (χ1n) is 9.72. The van der Waals surface area contributed by atoms with Gasteiger partial charge in [-0.2, -0.15) is 0 Å². The third-order valence-electron chi connectivity index (χ3n) is 5.15. The molecule has 0 aliphatic carbocycles. The number of carbonyl (C=O) groups excluding carboxylic acids is 2. The molecule has 0 aromatic heterocycles. The van der Waals surface area contributed by atoms with E-state index >= 15 is 0 Å². The maximum Gasteiger partial charge on any atom is 0.313 e. The molecule has 0 atom stereocenters. The van der Waals surface area contributed by atoms with Gasteiger partial charge >= 0.3 is 11.8 Å². The highest BCUT2D eigenvalue weighted by Crippen LogP contribution is 2.20. The normalized spacial score (nSPS) is 15.2. The molecule has 2 aromatic carbocycles. The van der Waals surface area contributed by atoms with Gasteiger partial charge in [0.2, 0.25) is 0 Å². The van der Waals surface area contributed by atoms with E-state index in [1.807, 2.05) is 6.07 Å². The maximum atomic E-state index is 12.0. The molecule has 2 aromatic rings. The number of para-hydroxylation sites is 1. The number of rotatable bonds is 6. The van der Waals surface area contributed by atoms with Gasteiger partial charge in [0.25, 0.3) is 0 Å². The summed E-state index contributed by atoms with van der Waals surface area (Å²) in [5.41, 5.74) is 1.80. The Labute approximate surface area is 171 Å². The summed E-state index contributed by atoms with van der Waals surface area (Å²) in [6.07, 6.45) is 3.12. The van der Waals surface area contributed by atoms with Crippen molar-refractivity contribution in [2.75, 3.05) is 31.5 Å². The largest absolute Gasteiger partial charge is 0.348 e. The number of hydrogen-bond donors (Lipinski definition) is 2. The molecule has 28 heavy (non-hydrogen) atoms. The van der Waals surface area contributed by atoms with Crippen molar-refractivity contribution in [2.45, 2.75) is 19.3 Å². The van der Waals surface area contributed by atoms with Crippen LogP contribution in [0.15, 0.2) is 54.6 Å². The molecule has 1 fully saturated rings. The molecular formula is C22H26ClN3O2. The number of amides is 2. The highest BCUT2D eigenvalue weighted by Gasteiger charge is 2.21. The Hall–Kier alpha value is -2.37. The average Bonchev–Trinajstić information content (AvgIpc) is 2.73. The molecule has 1 heterocycles. The molecule has 1 aliphatic heterocycles. The number of piperidine rings is 1. The summed E-state index contributed by atoms with van der Waals surface area (Å²) < 4.78 is 0. The number of hydrogen-bond acceptors (Lipinski definition) is 3. The summed E-state index contributed by atoms with van der Waals surface area (Å²) in [6.45, 7) is 3.64. The lowest BCUT2D eigenvalue weighted by molar-refractivity contribution is -0.136. The Morgan fingerprint density at radius 1 is 0.964 bits per heavy atom. The summed E-state index contributed by atoms with van der Waals surface area (Å²) in [7, 11) is 0. The van der Waals surface area contributed by atoms with Crippen molar-refractivity contribution >= 4 is 29.1 Å². The third-order valence-corrected chi connectivity index (χ3v) is 5.48. The minimum Gasteiger partial charge on any atom is -0.348 e. The quantitative estimate of drug-likeness (QED) is 0.732. The van der Waals surface area contributed by atoms with Crippen LogP contribution in [0.4, 0.5) is 5.69 Å². The fourth-order valence-corrected chi connectivity index (χ4v) is 3.59. The van der Waals surface area contributed by atoms with Crippen LogP contribution in [0.1, 0.15) is 18.4 Å². The lowest BCUT2D eigenvalue weighted by Crippen LogP contribution is -2.42. The van der Waals surface area contributed by atoms with Crippen LogP contribution in [0.2, 0.25) is 5.02 Å². The molecule has 3 rings (SSSR count). The first kappa shape index (κ1) is 20.4. The van der Waals surface area contributed by atoms with Crippen molar-refractivity contribution in [3.63, 3.8) is 0 Å². The molecular weight excluding hydrogens is 374 g/mol. The molecule has 0 unspecified atom stereocenters. The van der Waals surface area contributed by atoms with Gasteiger partial charge in [-0.1, -0.05) is 54.1 Å². The number of anilines is 1. The van der Waals surface area contributed by atoms with Gasteiger partial charge in [0, 0.05) is 13.1 Å². The predicted octanol–water partition coefficient (Wildman–Crippen LogP) is 3.35. The van der Waals surface area contributed by atoms with Gasteiger partial charge in [0.05, 0.1) is 10.7 Å². The summed E-state index contributed by atoms with van der Waals surface area (Å²) in [5, 5.41) is 5.71. The second-order valence-corrected chi connectivity index (χ2v) is 7.57. The van der Waals surface area contributed by atoms with Gasteiger partial charge in [-0.25, -0.2) is 0 Å². The van der Waals surface area contributed by atoms with Crippen LogP contribution in [0.3, 0.4) is 0 Å². The van der Waals surface area contributed by atoms with Crippen molar-refractivity contribution in [3.05, 3.63) is 65.2 Å². The van der Waals surface area contributed by atoms with Gasteiger partial charge in [-0.3, -0.25) is 9.59 Å². The van der Waals surface area contributed by atoms with E-state index in [9.17, 15) is 9.59 Å². The third kappa shape index (κ3) is 6.08. The van der Waals surface area contributed by atoms with E-state index in [4.69, 9.17) is 11.6 Å². The van der Waals surface area contributed by atoms with Crippen molar-refractivity contribution in [1.29, 1.82) is 0 Å². The summed E-state index contributed by atoms with van der Waals surface area (Å²) in [5.74, 6) is -0.898. The van der Waals surface area contributed by atoms with E-state index in [2.05, 4.69) is 39.8 Å². The molecule has 0 spiro atoms. The zero-order valence-corrected chi connectivity index (χ0v) is 16.6. The van der Waals surface area contributed by atoms with Crippen LogP contribution < -0.4 is 10.6 Å². The zero-order chi connectivity index (χ0) is 19.8. The minimum atomic E-state index is -0.687. The van der Waals surface area contributed by atoms with E-state index in [1.54, 1.807) is 24.3 Å². The Kier molecular flexibility index (Phi) is 7.46. The van der Waals surface area contributed by atoms with Crippen LogP contribution >= 0.6 is 11.6 Å². The van der Waals surface area contributed by atoms with E-state index in [0.29, 0.717) is 23.2 Å². The Bertz CT molecular complexity index is 789. The van der Waals surface area contributed by atoms with E-state index in [0.717, 1.165) is 38.9 Å². The molecule has 6 heteroatoms. The van der Waals surface area contributed by atoms with Gasteiger partial charge < -0.3 is 15.5 Å². The smallest absolute Gasteiger partial charge is 0.313 e.